The highest BCUT2D eigenvalue weighted by Gasteiger charge is 2.29. The second kappa shape index (κ2) is 8.94. The second-order valence-corrected chi connectivity index (χ2v) is 5.48. The zero-order valence-corrected chi connectivity index (χ0v) is 12.3. The van der Waals surface area contributed by atoms with Gasteiger partial charge >= 0.3 is 0 Å². The third kappa shape index (κ3) is 5.62. The van der Waals surface area contributed by atoms with E-state index in [2.05, 4.69) is 24.5 Å². The molecule has 2 amide bonds. The summed E-state index contributed by atoms with van der Waals surface area (Å²) in [5.74, 6) is 0.589. The Hall–Kier alpha value is -1.06. The summed E-state index contributed by atoms with van der Waals surface area (Å²) in [5.41, 5.74) is 0. The minimum Gasteiger partial charge on any atom is -0.356 e. The lowest BCUT2D eigenvalue weighted by Crippen LogP contribution is -2.37. The lowest BCUT2D eigenvalue weighted by Gasteiger charge is -2.27. The maximum atomic E-state index is 11.9. The Balaban J connectivity index is 2.24. The summed E-state index contributed by atoms with van der Waals surface area (Å²) in [6.45, 7) is 5.71. The van der Waals surface area contributed by atoms with E-state index in [0.29, 0.717) is 0 Å². The summed E-state index contributed by atoms with van der Waals surface area (Å²) in [4.78, 5) is 23.7. The smallest absolute Gasteiger partial charge is 0.223 e. The average molecular weight is 268 g/mol. The number of rotatable bonds is 7. The Bertz CT molecular complexity index is 284. The van der Waals surface area contributed by atoms with Crippen LogP contribution in [-0.2, 0) is 9.59 Å². The van der Waals surface area contributed by atoms with Crippen molar-refractivity contribution < 1.29 is 9.59 Å². The minimum atomic E-state index is 0.117. The van der Waals surface area contributed by atoms with Gasteiger partial charge in [-0.15, -0.1) is 0 Å². The number of nitrogens with one attached hydrogen (secondary N) is 2. The van der Waals surface area contributed by atoms with Crippen molar-refractivity contribution in [1.29, 1.82) is 0 Å². The van der Waals surface area contributed by atoms with Crippen LogP contribution in [0.5, 0.6) is 0 Å². The van der Waals surface area contributed by atoms with Crippen LogP contribution in [0.25, 0.3) is 0 Å². The standard InChI is InChI=1S/C15H28N2O2/c1-3-5-11-17-15(19)13-8-6-12(7-9-13)14(18)16-10-4-2/h12-13H,3-11H2,1-2H3,(H,16,18)(H,17,19). The summed E-state index contributed by atoms with van der Waals surface area (Å²) < 4.78 is 0. The fourth-order valence-corrected chi connectivity index (χ4v) is 2.54. The van der Waals surface area contributed by atoms with Gasteiger partial charge < -0.3 is 10.6 Å². The van der Waals surface area contributed by atoms with Gasteiger partial charge in [0.05, 0.1) is 0 Å². The molecular formula is C15H28N2O2. The molecule has 0 unspecified atom stereocenters. The van der Waals surface area contributed by atoms with Crippen molar-refractivity contribution >= 4 is 11.8 Å². The fourth-order valence-electron chi connectivity index (χ4n) is 2.54. The Kier molecular flexibility index (Phi) is 7.53. The number of carbonyl (C=O) groups is 2. The van der Waals surface area contributed by atoms with Gasteiger partial charge in [0.1, 0.15) is 0 Å². The Morgan fingerprint density at radius 3 is 1.74 bits per heavy atom. The number of unbranched alkanes of at least 4 members (excludes halogenated alkanes) is 1. The predicted octanol–water partition coefficient (Wildman–Crippen LogP) is 2.24. The summed E-state index contributed by atoms with van der Waals surface area (Å²) >= 11 is 0. The molecule has 0 saturated heterocycles. The molecular weight excluding hydrogens is 240 g/mol. The first kappa shape index (κ1) is 16.0. The van der Waals surface area contributed by atoms with Crippen LogP contribution in [0.3, 0.4) is 0 Å². The topological polar surface area (TPSA) is 58.2 Å². The highest BCUT2D eigenvalue weighted by Crippen LogP contribution is 2.29. The summed E-state index contributed by atoms with van der Waals surface area (Å²) in [6, 6.07) is 0. The van der Waals surface area contributed by atoms with E-state index >= 15 is 0 Å². The molecule has 1 rings (SSSR count). The Labute approximate surface area is 116 Å². The monoisotopic (exact) mass is 268 g/mol. The van der Waals surface area contributed by atoms with Crippen molar-refractivity contribution in [2.24, 2.45) is 11.8 Å². The molecule has 1 aliphatic rings. The third-order valence-corrected chi connectivity index (χ3v) is 3.85. The van der Waals surface area contributed by atoms with Gasteiger partial charge in [-0.25, -0.2) is 0 Å². The van der Waals surface area contributed by atoms with E-state index in [1.165, 1.54) is 0 Å². The first-order valence-electron chi connectivity index (χ1n) is 7.74. The Morgan fingerprint density at radius 2 is 1.32 bits per heavy atom. The molecule has 0 aromatic heterocycles. The van der Waals surface area contributed by atoms with Crippen molar-refractivity contribution in [3.05, 3.63) is 0 Å². The Morgan fingerprint density at radius 1 is 0.842 bits per heavy atom. The number of carbonyl (C=O) groups excluding carboxylic acids is 2. The molecule has 2 N–H and O–H groups in total. The molecule has 0 aromatic rings. The van der Waals surface area contributed by atoms with Gasteiger partial charge in [0.2, 0.25) is 11.8 Å². The van der Waals surface area contributed by atoms with Crippen LogP contribution in [-0.4, -0.2) is 24.9 Å². The minimum absolute atomic E-state index is 0.117. The molecule has 0 heterocycles. The highest BCUT2D eigenvalue weighted by atomic mass is 16.2. The molecule has 1 aliphatic carbocycles. The van der Waals surface area contributed by atoms with Gasteiger partial charge in [0, 0.05) is 24.9 Å². The average Bonchev–Trinajstić information content (AvgIpc) is 2.45. The molecule has 110 valence electrons. The second-order valence-electron chi connectivity index (χ2n) is 5.48. The molecule has 0 bridgehead atoms. The molecule has 1 saturated carbocycles. The largest absolute Gasteiger partial charge is 0.356 e. The lowest BCUT2D eigenvalue weighted by molar-refractivity contribution is -0.130. The molecule has 4 heteroatoms. The first-order valence-corrected chi connectivity index (χ1v) is 7.74. The van der Waals surface area contributed by atoms with Crippen LogP contribution >= 0.6 is 0 Å². The molecule has 0 aliphatic heterocycles. The summed E-state index contributed by atoms with van der Waals surface area (Å²) in [7, 11) is 0. The van der Waals surface area contributed by atoms with Crippen LogP contribution in [0.2, 0.25) is 0 Å². The van der Waals surface area contributed by atoms with Gasteiger partial charge in [0.15, 0.2) is 0 Å². The number of hydrogen-bond donors (Lipinski definition) is 2. The highest BCUT2D eigenvalue weighted by molar-refractivity contribution is 5.81. The van der Waals surface area contributed by atoms with Crippen molar-refractivity contribution in [2.75, 3.05) is 13.1 Å². The SMILES string of the molecule is CCCCNC(=O)C1CCC(C(=O)NCCC)CC1. The molecule has 0 radical (unpaired) electrons. The van der Waals surface area contributed by atoms with Gasteiger partial charge in [-0.05, 0) is 38.5 Å². The van der Waals surface area contributed by atoms with Crippen LogP contribution in [0.4, 0.5) is 0 Å². The third-order valence-electron chi connectivity index (χ3n) is 3.85. The molecule has 0 aromatic carbocycles. The maximum absolute atomic E-state index is 11.9. The molecule has 19 heavy (non-hydrogen) atoms. The lowest BCUT2D eigenvalue weighted by atomic mass is 9.81. The maximum Gasteiger partial charge on any atom is 0.223 e. The summed E-state index contributed by atoms with van der Waals surface area (Å²) in [6.07, 6.45) is 6.51. The molecule has 4 nitrogen and oxygen atoms in total. The fraction of sp³-hybridized carbons (Fsp3) is 0.867. The predicted molar refractivity (Wildman–Crippen MR) is 76.7 cm³/mol. The van der Waals surface area contributed by atoms with Crippen LogP contribution in [0.1, 0.15) is 58.8 Å². The van der Waals surface area contributed by atoms with E-state index in [1.54, 1.807) is 0 Å². The number of amides is 2. The first-order chi connectivity index (χ1) is 9.19. The zero-order chi connectivity index (χ0) is 14.1. The van der Waals surface area contributed by atoms with E-state index in [4.69, 9.17) is 0 Å². The van der Waals surface area contributed by atoms with E-state index in [-0.39, 0.29) is 23.7 Å². The van der Waals surface area contributed by atoms with Crippen LogP contribution in [0.15, 0.2) is 0 Å². The molecule has 1 fully saturated rings. The van der Waals surface area contributed by atoms with Crippen molar-refractivity contribution in [3.8, 4) is 0 Å². The molecule has 0 atom stereocenters. The normalized spacial score (nSPS) is 22.8. The van der Waals surface area contributed by atoms with Crippen LogP contribution < -0.4 is 10.6 Å². The van der Waals surface area contributed by atoms with E-state index in [9.17, 15) is 9.59 Å². The van der Waals surface area contributed by atoms with Gasteiger partial charge in [-0.2, -0.15) is 0 Å². The van der Waals surface area contributed by atoms with Gasteiger partial charge in [-0.3, -0.25) is 9.59 Å². The van der Waals surface area contributed by atoms with Crippen molar-refractivity contribution in [3.63, 3.8) is 0 Å². The van der Waals surface area contributed by atoms with Gasteiger partial charge in [-0.1, -0.05) is 20.3 Å². The van der Waals surface area contributed by atoms with E-state index < -0.39 is 0 Å². The number of hydrogen-bond acceptors (Lipinski definition) is 2. The van der Waals surface area contributed by atoms with Crippen molar-refractivity contribution in [2.45, 2.75) is 58.8 Å². The summed E-state index contributed by atoms with van der Waals surface area (Å²) in [5, 5.41) is 5.94. The molecule has 0 spiro atoms. The van der Waals surface area contributed by atoms with Crippen molar-refractivity contribution in [1.82, 2.24) is 10.6 Å². The van der Waals surface area contributed by atoms with Gasteiger partial charge in [0.25, 0.3) is 0 Å². The quantitative estimate of drug-likeness (QED) is 0.696. The van der Waals surface area contributed by atoms with E-state index in [0.717, 1.165) is 58.0 Å². The van der Waals surface area contributed by atoms with Crippen LogP contribution in [0, 0.1) is 11.8 Å². The zero-order valence-electron chi connectivity index (χ0n) is 12.3. The van der Waals surface area contributed by atoms with E-state index in [1.807, 2.05) is 0 Å².